The van der Waals surface area contributed by atoms with Crippen LogP contribution in [-0.2, 0) is 0 Å². The van der Waals surface area contributed by atoms with Crippen LogP contribution in [0, 0.1) is 0 Å². The predicted octanol–water partition coefficient (Wildman–Crippen LogP) is 0.818. The first-order chi connectivity index (χ1) is 6.26. The Bertz CT molecular complexity index is 109. The lowest BCUT2D eigenvalue weighted by Gasteiger charge is -2.27. The van der Waals surface area contributed by atoms with Crippen LogP contribution in [0.5, 0.6) is 0 Å². The van der Waals surface area contributed by atoms with Gasteiger partial charge in [-0.2, -0.15) is 0 Å². The van der Waals surface area contributed by atoms with E-state index in [0.717, 1.165) is 26.1 Å². The van der Waals surface area contributed by atoms with Gasteiger partial charge in [0.2, 0.25) is 0 Å². The fourth-order valence-corrected chi connectivity index (χ4v) is 1.47. The number of hydrogen-bond acceptors (Lipinski definition) is 3. The third-order valence-electron chi connectivity index (χ3n) is 2.39. The molecule has 3 nitrogen and oxygen atoms in total. The smallest absolute Gasteiger partial charge is 0.0558 e. The van der Waals surface area contributed by atoms with Crippen LogP contribution in [0.2, 0.25) is 0 Å². The zero-order valence-corrected chi connectivity index (χ0v) is 9.00. The molecule has 0 saturated carbocycles. The molecule has 13 heavy (non-hydrogen) atoms. The fraction of sp³-hybridized carbons (Fsp3) is 1.00. The van der Waals surface area contributed by atoms with E-state index in [1.165, 1.54) is 12.8 Å². The molecule has 0 saturated heterocycles. The van der Waals surface area contributed by atoms with E-state index in [1.54, 1.807) is 0 Å². The molecule has 0 aromatic heterocycles. The molecular formula is C10H24N2O. The lowest BCUT2D eigenvalue weighted by atomic mass is 10.2. The normalized spacial score (nSPS) is 13.6. The van der Waals surface area contributed by atoms with E-state index < -0.39 is 0 Å². The minimum Gasteiger partial charge on any atom is -0.395 e. The van der Waals surface area contributed by atoms with Gasteiger partial charge in [-0.15, -0.1) is 0 Å². The van der Waals surface area contributed by atoms with Crippen LogP contribution in [0.15, 0.2) is 0 Å². The van der Waals surface area contributed by atoms with Crippen LogP contribution < -0.4 is 5.73 Å². The molecule has 0 aromatic rings. The van der Waals surface area contributed by atoms with Gasteiger partial charge in [0, 0.05) is 12.6 Å². The maximum atomic E-state index is 8.88. The molecule has 0 heterocycles. The summed E-state index contributed by atoms with van der Waals surface area (Å²) in [6.45, 7) is 7.20. The topological polar surface area (TPSA) is 49.5 Å². The van der Waals surface area contributed by atoms with Crippen molar-refractivity contribution in [1.29, 1.82) is 0 Å². The number of aliphatic hydroxyl groups is 1. The van der Waals surface area contributed by atoms with Gasteiger partial charge in [0.1, 0.15) is 0 Å². The van der Waals surface area contributed by atoms with Gasteiger partial charge in [0.25, 0.3) is 0 Å². The van der Waals surface area contributed by atoms with Gasteiger partial charge >= 0.3 is 0 Å². The largest absolute Gasteiger partial charge is 0.395 e. The summed E-state index contributed by atoms with van der Waals surface area (Å²) in [4.78, 5) is 2.32. The first-order valence-corrected chi connectivity index (χ1v) is 5.31. The number of rotatable bonds is 8. The Morgan fingerprint density at radius 1 is 1.38 bits per heavy atom. The van der Waals surface area contributed by atoms with Crippen molar-refractivity contribution in [2.75, 3.05) is 26.2 Å². The lowest BCUT2D eigenvalue weighted by Crippen LogP contribution is -2.37. The van der Waals surface area contributed by atoms with Crippen molar-refractivity contribution in [1.82, 2.24) is 4.90 Å². The molecule has 80 valence electrons. The summed E-state index contributed by atoms with van der Waals surface area (Å²) in [5.41, 5.74) is 5.50. The van der Waals surface area contributed by atoms with E-state index in [4.69, 9.17) is 10.8 Å². The first kappa shape index (κ1) is 12.9. The maximum Gasteiger partial charge on any atom is 0.0558 e. The number of unbranched alkanes of at least 4 members (excludes halogenated alkanes) is 1. The lowest BCUT2D eigenvalue weighted by molar-refractivity contribution is 0.152. The summed E-state index contributed by atoms with van der Waals surface area (Å²) in [7, 11) is 0. The van der Waals surface area contributed by atoms with Gasteiger partial charge in [-0.05, 0) is 32.9 Å². The average Bonchev–Trinajstić information content (AvgIpc) is 2.12. The number of nitrogens with zero attached hydrogens (tertiary/aromatic N) is 1. The Hall–Kier alpha value is -0.120. The maximum absolute atomic E-state index is 8.88. The molecule has 0 rings (SSSR count). The second kappa shape index (κ2) is 8.48. The van der Waals surface area contributed by atoms with E-state index in [1.807, 2.05) is 0 Å². The van der Waals surface area contributed by atoms with Crippen LogP contribution in [0.1, 0.15) is 33.1 Å². The van der Waals surface area contributed by atoms with Crippen LogP contribution in [0.25, 0.3) is 0 Å². The molecule has 0 aliphatic rings. The number of aliphatic hydroxyl groups excluding tert-OH is 1. The Balaban J connectivity index is 3.75. The highest BCUT2D eigenvalue weighted by molar-refractivity contribution is 4.67. The van der Waals surface area contributed by atoms with Gasteiger partial charge in [-0.25, -0.2) is 0 Å². The van der Waals surface area contributed by atoms with E-state index in [-0.39, 0.29) is 6.61 Å². The summed E-state index contributed by atoms with van der Waals surface area (Å²) in [6.07, 6.45) is 3.43. The monoisotopic (exact) mass is 188 g/mol. The van der Waals surface area contributed by atoms with Crippen LogP contribution in [-0.4, -0.2) is 42.3 Å². The summed E-state index contributed by atoms with van der Waals surface area (Å²) < 4.78 is 0. The van der Waals surface area contributed by atoms with Crippen molar-refractivity contribution < 1.29 is 5.11 Å². The van der Waals surface area contributed by atoms with Crippen LogP contribution in [0.3, 0.4) is 0 Å². The molecule has 1 unspecified atom stereocenters. The first-order valence-electron chi connectivity index (χ1n) is 5.31. The quantitative estimate of drug-likeness (QED) is 0.593. The summed E-state index contributed by atoms with van der Waals surface area (Å²) in [6, 6.07) is 0.503. The molecule has 3 N–H and O–H groups in total. The fourth-order valence-electron chi connectivity index (χ4n) is 1.47. The van der Waals surface area contributed by atoms with Gasteiger partial charge in [-0.3, -0.25) is 4.90 Å². The van der Waals surface area contributed by atoms with Gasteiger partial charge in [0.05, 0.1) is 6.61 Å². The molecule has 0 bridgehead atoms. The van der Waals surface area contributed by atoms with Gasteiger partial charge in [-0.1, -0.05) is 13.3 Å². The zero-order valence-electron chi connectivity index (χ0n) is 9.00. The zero-order chi connectivity index (χ0) is 10.1. The summed E-state index contributed by atoms with van der Waals surface area (Å²) in [5.74, 6) is 0. The third kappa shape index (κ3) is 6.02. The summed E-state index contributed by atoms with van der Waals surface area (Å²) >= 11 is 0. The number of hydrogen-bond donors (Lipinski definition) is 2. The number of nitrogens with two attached hydrogens (primary N) is 1. The standard InChI is InChI=1S/C10H24N2O/c1-3-4-7-12(8-9-13)10(2)5-6-11/h10,13H,3-9,11H2,1-2H3. The Kier molecular flexibility index (Phi) is 8.40. The molecule has 0 aliphatic heterocycles. The third-order valence-corrected chi connectivity index (χ3v) is 2.39. The van der Waals surface area contributed by atoms with E-state index in [9.17, 15) is 0 Å². The Labute approximate surface area is 81.9 Å². The van der Waals surface area contributed by atoms with E-state index in [2.05, 4.69) is 18.7 Å². The second-order valence-electron chi connectivity index (χ2n) is 3.54. The van der Waals surface area contributed by atoms with Crippen LogP contribution >= 0.6 is 0 Å². The van der Waals surface area contributed by atoms with Gasteiger partial charge < -0.3 is 10.8 Å². The molecule has 0 spiro atoms. The molecule has 0 radical (unpaired) electrons. The average molecular weight is 188 g/mol. The Morgan fingerprint density at radius 2 is 2.08 bits per heavy atom. The van der Waals surface area contributed by atoms with Crippen molar-refractivity contribution >= 4 is 0 Å². The highest BCUT2D eigenvalue weighted by Gasteiger charge is 2.11. The van der Waals surface area contributed by atoms with Crippen molar-refractivity contribution in [2.24, 2.45) is 5.73 Å². The van der Waals surface area contributed by atoms with E-state index >= 15 is 0 Å². The van der Waals surface area contributed by atoms with E-state index in [0.29, 0.717) is 6.04 Å². The molecule has 0 fully saturated rings. The predicted molar refractivity (Wildman–Crippen MR) is 56.7 cm³/mol. The molecular weight excluding hydrogens is 164 g/mol. The molecule has 3 heteroatoms. The van der Waals surface area contributed by atoms with Gasteiger partial charge in [0.15, 0.2) is 0 Å². The second-order valence-corrected chi connectivity index (χ2v) is 3.54. The molecule has 1 atom stereocenters. The van der Waals surface area contributed by atoms with Crippen LogP contribution in [0.4, 0.5) is 0 Å². The minimum absolute atomic E-state index is 0.249. The molecule has 0 amide bonds. The molecule has 0 aliphatic carbocycles. The van der Waals surface area contributed by atoms with Crippen molar-refractivity contribution in [3.05, 3.63) is 0 Å². The summed E-state index contributed by atoms with van der Waals surface area (Å²) in [5, 5.41) is 8.88. The SMILES string of the molecule is CCCCN(CCO)C(C)CCN. The molecule has 0 aromatic carbocycles. The Morgan fingerprint density at radius 3 is 2.54 bits per heavy atom. The highest BCUT2D eigenvalue weighted by atomic mass is 16.3. The van der Waals surface area contributed by atoms with Crippen molar-refractivity contribution in [3.63, 3.8) is 0 Å². The highest BCUT2D eigenvalue weighted by Crippen LogP contribution is 2.04. The minimum atomic E-state index is 0.249. The van der Waals surface area contributed by atoms with Crippen molar-refractivity contribution in [3.8, 4) is 0 Å². The van der Waals surface area contributed by atoms with Crippen molar-refractivity contribution in [2.45, 2.75) is 39.2 Å².